The number of anilines is 1. The molecule has 1 aliphatic heterocycles. The minimum atomic E-state index is 0.0617. The number of thiazole rings is 1. The summed E-state index contributed by atoms with van der Waals surface area (Å²) in [5.74, 6) is 0.0617. The molecule has 1 saturated heterocycles. The van der Waals surface area contributed by atoms with Gasteiger partial charge < -0.3 is 10.6 Å². The van der Waals surface area contributed by atoms with Gasteiger partial charge in [0, 0.05) is 38.1 Å². The van der Waals surface area contributed by atoms with Gasteiger partial charge in [0.25, 0.3) is 5.91 Å². The van der Waals surface area contributed by atoms with E-state index in [9.17, 15) is 4.79 Å². The molecule has 0 radical (unpaired) electrons. The Kier molecular flexibility index (Phi) is 4.23. The minimum absolute atomic E-state index is 0.0617. The second-order valence-electron chi connectivity index (χ2n) is 5.13. The van der Waals surface area contributed by atoms with Crippen molar-refractivity contribution in [3.8, 4) is 0 Å². The molecule has 1 amide bonds. The molecule has 1 fully saturated rings. The van der Waals surface area contributed by atoms with Crippen molar-refractivity contribution in [2.45, 2.75) is 13.5 Å². The first-order valence-electron chi connectivity index (χ1n) is 6.89. The van der Waals surface area contributed by atoms with Crippen molar-refractivity contribution in [1.82, 2.24) is 14.8 Å². The molecule has 7 heteroatoms. The Morgan fingerprint density at radius 3 is 2.67 bits per heavy atom. The molecule has 0 bridgehead atoms. The summed E-state index contributed by atoms with van der Waals surface area (Å²) < 4.78 is 0. The summed E-state index contributed by atoms with van der Waals surface area (Å²) >= 11 is 3.10. The monoisotopic (exact) mass is 322 g/mol. The van der Waals surface area contributed by atoms with Crippen LogP contribution in [0.4, 0.5) is 5.69 Å². The first-order valence-corrected chi connectivity index (χ1v) is 8.65. The number of nitrogens with two attached hydrogens (primary N) is 1. The maximum atomic E-state index is 12.4. The van der Waals surface area contributed by atoms with Gasteiger partial charge in [-0.25, -0.2) is 4.98 Å². The molecule has 2 N–H and O–H groups in total. The van der Waals surface area contributed by atoms with Crippen LogP contribution in [0.2, 0.25) is 0 Å². The fraction of sp³-hybridized carbons (Fsp3) is 0.429. The van der Waals surface area contributed by atoms with Crippen LogP contribution in [0.15, 0.2) is 16.8 Å². The van der Waals surface area contributed by atoms with Crippen molar-refractivity contribution in [2.75, 3.05) is 31.9 Å². The van der Waals surface area contributed by atoms with E-state index in [-0.39, 0.29) is 5.91 Å². The summed E-state index contributed by atoms with van der Waals surface area (Å²) in [4.78, 5) is 21.8. The number of carbonyl (C=O) groups is 1. The van der Waals surface area contributed by atoms with Crippen LogP contribution in [0.3, 0.4) is 0 Å². The Labute approximate surface area is 132 Å². The van der Waals surface area contributed by atoms with E-state index in [0.29, 0.717) is 10.6 Å². The predicted octanol–water partition coefficient (Wildman–Crippen LogP) is 2.05. The van der Waals surface area contributed by atoms with Gasteiger partial charge in [-0.15, -0.1) is 22.7 Å². The summed E-state index contributed by atoms with van der Waals surface area (Å²) in [6.45, 7) is 6.16. The SMILES string of the molecule is Cc1nc(CN2CCN(C(=O)c3sccc3N)CC2)cs1. The third-order valence-electron chi connectivity index (χ3n) is 3.60. The number of hydrogen-bond donors (Lipinski definition) is 1. The van der Waals surface area contributed by atoms with E-state index in [2.05, 4.69) is 15.3 Å². The number of aromatic nitrogens is 1. The lowest BCUT2D eigenvalue weighted by atomic mass is 10.2. The number of thiophene rings is 1. The topological polar surface area (TPSA) is 62.5 Å². The zero-order chi connectivity index (χ0) is 14.8. The average molecular weight is 322 g/mol. The molecule has 112 valence electrons. The molecule has 0 atom stereocenters. The number of amides is 1. The van der Waals surface area contributed by atoms with Gasteiger partial charge in [-0.3, -0.25) is 9.69 Å². The fourth-order valence-electron chi connectivity index (χ4n) is 2.46. The van der Waals surface area contributed by atoms with Crippen LogP contribution < -0.4 is 5.73 Å². The van der Waals surface area contributed by atoms with Crippen molar-refractivity contribution < 1.29 is 4.79 Å². The fourth-order valence-corrected chi connectivity index (χ4v) is 3.84. The molecular formula is C14H18N4OS2. The lowest BCUT2D eigenvalue weighted by Gasteiger charge is -2.34. The van der Waals surface area contributed by atoms with Gasteiger partial charge >= 0.3 is 0 Å². The number of piperazine rings is 1. The largest absolute Gasteiger partial charge is 0.397 e. The van der Waals surface area contributed by atoms with Crippen LogP contribution in [-0.2, 0) is 6.54 Å². The van der Waals surface area contributed by atoms with Crippen molar-refractivity contribution in [1.29, 1.82) is 0 Å². The Balaban J connectivity index is 1.55. The molecule has 0 aromatic carbocycles. The third kappa shape index (κ3) is 3.25. The van der Waals surface area contributed by atoms with Gasteiger partial charge in [-0.1, -0.05) is 0 Å². The maximum absolute atomic E-state index is 12.4. The molecule has 5 nitrogen and oxygen atoms in total. The molecule has 0 saturated carbocycles. The maximum Gasteiger partial charge on any atom is 0.266 e. The van der Waals surface area contributed by atoms with Gasteiger partial charge in [0.2, 0.25) is 0 Å². The van der Waals surface area contributed by atoms with Crippen LogP contribution in [-0.4, -0.2) is 46.9 Å². The lowest BCUT2D eigenvalue weighted by Crippen LogP contribution is -2.48. The zero-order valence-corrected chi connectivity index (χ0v) is 13.5. The van der Waals surface area contributed by atoms with Crippen LogP contribution in [0.5, 0.6) is 0 Å². The number of nitrogen functional groups attached to an aromatic ring is 1. The highest BCUT2D eigenvalue weighted by Gasteiger charge is 2.24. The van der Waals surface area contributed by atoms with Gasteiger partial charge in [0.05, 0.1) is 16.4 Å². The van der Waals surface area contributed by atoms with Crippen molar-refractivity contribution in [2.24, 2.45) is 0 Å². The molecule has 1 aliphatic rings. The molecule has 3 heterocycles. The van der Waals surface area contributed by atoms with Crippen LogP contribution in [0, 0.1) is 6.92 Å². The summed E-state index contributed by atoms with van der Waals surface area (Å²) in [6, 6.07) is 1.79. The molecule has 2 aromatic heterocycles. The smallest absolute Gasteiger partial charge is 0.266 e. The Bertz CT molecular complexity index is 628. The first-order chi connectivity index (χ1) is 10.1. The van der Waals surface area contributed by atoms with Crippen molar-refractivity contribution >= 4 is 34.3 Å². The second-order valence-corrected chi connectivity index (χ2v) is 7.11. The molecule has 0 spiro atoms. The molecular weight excluding hydrogens is 304 g/mol. The van der Waals surface area contributed by atoms with E-state index in [1.54, 1.807) is 17.4 Å². The van der Waals surface area contributed by atoms with Crippen molar-refractivity contribution in [3.05, 3.63) is 32.4 Å². The summed E-state index contributed by atoms with van der Waals surface area (Å²) in [5, 5.41) is 5.08. The van der Waals surface area contributed by atoms with E-state index in [1.165, 1.54) is 11.3 Å². The molecule has 2 aromatic rings. The zero-order valence-electron chi connectivity index (χ0n) is 11.9. The Morgan fingerprint density at radius 2 is 2.10 bits per heavy atom. The highest BCUT2D eigenvalue weighted by atomic mass is 32.1. The highest BCUT2D eigenvalue weighted by molar-refractivity contribution is 7.12. The number of carbonyl (C=O) groups excluding carboxylic acids is 1. The summed E-state index contributed by atoms with van der Waals surface area (Å²) in [5.41, 5.74) is 7.54. The van der Waals surface area contributed by atoms with Crippen LogP contribution in [0.1, 0.15) is 20.4 Å². The standard InChI is InChI=1S/C14H18N4OS2/c1-10-16-11(9-21-10)8-17-3-5-18(6-4-17)14(19)13-12(15)2-7-20-13/h2,7,9H,3-6,8,15H2,1H3. The number of nitrogens with zero attached hydrogens (tertiary/aromatic N) is 3. The molecule has 21 heavy (non-hydrogen) atoms. The average Bonchev–Trinajstić information content (AvgIpc) is 3.08. The number of hydrogen-bond acceptors (Lipinski definition) is 6. The number of aryl methyl sites for hydroxylation is 1. The predicted molar refractivity (Wildman–Crippen MR) is 86.8 cm³/mol. The van der Waals surface area contributed by atoms with E-state index in [1.807, 2.05) is 17.2 Å². The van der Waals surface area contributed by atoms with Crippen molar-refractivity contribution in [3.63, 3.8) is 0 Å². The van der Waals surface area contributed by atoms with Gasteiger partial charge in [-0.05, 0) is 18.4 Å². The van der Waals surface area contributed by atoms with E-state index >= 15 is 0 Å². The Hall–Kier alpha value is -1.44. The van der Waals surface area contributed by atoms with Gasteiger partial charge in [-0.2, -0.15) is 0 Å². The molecule has 0 aliphatic carbocycles. The molecule has 0 unspecified atom stereocenters. The summed E-state index contributed by atoms with van der Waals surface area (Å²) in [7, 11) is 0. The normalized spacial score (nSPS) is 16.3. The molecule has 3 rings (SSSR count). The minimum Gasteiger partial charge on any atom is -0.397 e. The highest BCUT2D eigenvalue weighted by Crippen LogP contribution is 2.22. The van der Waals surface area contributed by atoms with E-state index < -0.39 is 0 Å². The quantitative estimate of drug-likeness (QED) is 0.939. The lowest BCUT2D eigenvalue weighted by molar-refractivity contribution is 0.0633. The number of rotatable bonds is 3. The van der Waals surface area contributed by atoms with E-state index in [4.69, 9.17) is 5.73 Å². The second kappa shape index (κ2) is 6.13. The van der Waals surface area contributed by atoms with E-state index in [0.717, 1.165) is 43.4 Å². The summed E-state index contributed by atoms with van der Waals surface area (Å²) in [6.07, 6.45) is 0. The van der Waals surface area contributed by atoms with Crippen LogP contribution in [0.25, 0.3) is 0 Å². The van der Waals surface area contributed by atoms with Crippen LogP contribution >= 0.6 is 22.7 Å². The third-order valence-corrected chi connectivity index (χ3v) is 5.34. The Morgan fingerprint density at radius 1 is 1.33 bits per heavy atom. The van der Waals surface area contributed by atoms with Gasteiger partial charge in [0.15, 0.2) is 0 Å². The van der Waals surface area contributed by atoms with Gasteiger partial charge in [0.1, 0.15) is 4.88 Å². The first kappa shape index (κ1) is 14.5.